The lowest BCUT2D eigenvalue weighted by molar-refractivity contribution is -0.0328. The van der Waals surface area contributed by atoms with Crippen molar-refractivity contribution in [3.05, 3.63) is 27.0 Å². The maximum absolute atomic E-state index is 11.9. The summed E-state index contributed by atoms with van der Waals surface area (Å²) in [7, 11) is -4.36. The van der Waals surface area contributed by atoms with Gasteiger partial charge >= 0.3 is 11.2 Å². The maximum Gasteiger partial charge on any atom is 0.441 e. The van der Waals surface area contributed by atoms with Gasteiger partial charge in [0.2, 0.25) is 10.0 Å². The van der Waals surface area contributed by atoms with E-state index in [1.807, 2.05) is 0 Å². The summed E-state index contributed by atoms with van der Waals surface area (Å²) < 4.78 is 58.3. The van der Waals surface area contributed by atoms with Crippen LogP contribution in [0.4, 0.5) is 13.2 Å². The average Bonchev–Trinajstić information content (AvgIpc) is 2.17. The molecular formula is C7H8F3N3O4S2. The number of nitrogens with zero attached hydrogens (tertiary/aromatic N) is 1. The largest absolute Gasteiger partial charge is 0.441 e. The van der Waals surface area contributed by atoms with Crippen LogP contribution in [0, 0.1) is 0 Å². The quantitative estimate of drug-likeness (QED) is 0.772. The van der Waals surface area contributed by atoms with Gasteiger partial charge in [-0.2, -0.15) is 13.2 Å². The van der Waals surface area contributed by atoms with Crippen LogP contribution >= 0.6 is 11.8 Å². The normalized spacial score (nSPS) is 12.6. The first kappa shape index (κ1) is 15.8. The number of primary sulfonamides is 1. The number of sulfonamides is 1. The van der Waals surface area contributed by atoms with Gasteiger partial charge in [-0.3, -0.25) is 14.3 Å². The van der Waals surface area contributed by atoms with E-state index in [0.29, 0.717) is 10.8 Å². The molecule has 0 unspecified atom stereocenters. The van der Waals surface area contributed by atoms with E-state index < -0.39 is 44.0 Å². The lowest BCUT2D eigenvalue weighted by Gasteiger charge is -2.08. The Labute approximate surface area is 108 Å². The van der Waals surface area contributed by atoms with Gasteiger partial charge in [-0.05, 0) is 11.8 Å². The summed E-state index contributed by atoms with van der Waals surface area (Å²) in [6, 6.07) is 0. The minimum atomic E-state index is -4.46. The molecule has 0 radical (unpaired) electrons. The molecule has 0 spiro atoms. The van der Waals surface area contributed by atoms with Crippen molar-refractivity contribution in [2.45, 2.75) is 16.9 Å². The Balaban J connectivity index is 3.04. The molecule has 12 heteroatoms. The number of aromatic amines is 1. The van der Waals surface area contributed by atoms with Gasteiger partial charge in [-0.15, -0.1) is 0 Å². The molecule has 0 fully saturated rings. The molecule has 0 saturated heterocycles. The molecule has 1 aromatic heterocycles. The van der Waals surface area contributed by atoms with Crippen molar-refractivity contribution < 1.29 is 21.6 Å². The van der Waals surface area contributed by atoms with Gasteiger partial charge in [0.15, 0.2) is 4.90 Å². The molecule has 1 aromatic rings. The van der Waals surface area contributed by atoms with Crippen molar-refractivity contribution in [1.29, 1.82) is 0 Å². The van der Waals surface area contributed by atoms with Crippen LogP contribution in [0.15, 0.2) is 20.7 Å². The van der Waals surface area contributed by atoms with Crippen LogP contribution in [0.1, 0.15) is 0 Å². The number of rotatable bonds is 4. The third-order valence-corrected chi connectivity index (χ3v) is 3.50. The van der Waals surface area contributed by atoms with E-state index in [0.717, 1.165) is 0 Å². The maximum atomic E-state index is 11.9. The van der Waals surface area contributed by atoms with Gasteiger partial charge < -0.3 is 0 Å². The van der Waals surface area contributed by atoms with Gasteiger partial charge in [-0.1, -0.05) is 0 Å². The Morgan fingerprint density at radius 1 is 1.37 bits per heavy atom. The molecule has 3 N–H and O–H groups in total. The number of nitrogens with two attached hydrogens (primary N) is 1. The SMILES string of the molecule is NS(=O)(=O)c1cn(CCSC(F)(F)F)c(=O)[nH]c1=O. The topological polar surface area (TPSA) is 115 Å². The van der Waals surface area contributed by atoms with E-state index in [9.17, 15) is 31.2 Å². The number of thioether (sulfide) groups is 1. The molecule has 108 valence electrons. The highest BCUT2D eigenvalue weighted by molar-refractivity contribution is 8.00. The Bertz CT molecular complexity index is 676. The molecule has 1 heterocycles. The number of aromatic nitrogens is 2. The van der Waals surface area contributed by atoms with Crippen LogP contribution in [0.2, 0.25) is 0 Å². The summed E-state index contributed by atoms with van der Waals surface area (Å²) in [4.78, 5) is 23.2. The molecule has 0 amide bonds. The summed E-state index contributed by atoms with van der Waals surface area (Å²) in [6.07, 6.45) is 0.618. The predicted octanol–water partition coefficient (Wildman–Crippen LogP) is -0.563. The van der Waals surface area contributed by atoms with Crippen LogP contribution in [-0.4, -0.2) is 29.2 Å². The minimum Gasteiger partial charge on any atom is -0.298 e. The summed E-state index contributed by atoms with van der Waals surface area (Å²) in [6.45, 7) is -0.428. The van der Waals surface area contributed by atoms with Gasteiger partial charge in [0.05, 0.1) is 0 Å². The molecule has 7 nitrogen and oxygen atoms in total. The number of halogens is 3. The smallest absolute Gasteiger partial charge is 0.298 e. The monoisotopic (exact) mass is 319 g/mol. The number of nitrogens with one attached hydrogen (secondary N) is 1. The predicted molar refractivity (Wildman–Crippen MR) is 61.2 cm³/mol. The zero-order valence-corrected chi connectivity index (χ0v) is 10.7. The Kier molecular flexibility index (Phi) is 4.47. The second-order valence-electron chi connectivity index (χ2n) is 3.29. The molecule has 0 aliphatic carbocycles. The fourth-order valence-electron chi connectivity index (χ4n) is 1.12. The van der Waals surface area contributed by atoms with Crippen molar-refractivity contribution in [2.75, 3.05) is 5.75 Å². The molecular weight excluding hydrogens is 311 g/mol. The van der Waals surface area contributed by atoms with Crippen LogP contribution in [0.5, 0.6) is 0 Å². The number of hydrogen-bond donors (Lipinski definition) is 2. The number of H-pyrrole nitrogens is 1. The molecule has 0 saturated carbocycles. The number of aryl methyl sites for hydroxylation is 1. The second-order valence-corrected chi connectivity index (χ2v) is 5.97. The van der Waals surface area contributed by atoms with E-state index in [1.54, 1.807) is 4.98 Å². The van der Waals surface area contributed by atoms with Crippen LogP contribution in [0.25, 0.3) is 0 Å². The summed E-state index contributed by atoms with van der Waals surface area (Å²) in [5.41, 5.74) is -6.69. The van der Waals surface area contributed by atoms with Gasteiger partial charge in [-0.25, -0.2) is 18.4 Å². The van der Waals surface area contributed by atoms with Gasteiger partial charge in [0.1, 0.15) is 0 Å². The fraction of sp³-hybridized carbons (Fsp3) is 0.429. The molecule has 0 aromatic carbocycles. The minimum absolute atomic E-state index is 0.378. The zero-order valence-electron chi connectivity index (χ0n) is 9.10. The first-order chi connectivity index (χ1) is 8.50. The summed E-state index contributed by atoms with van der Waals surface area (Å²) >= 11 is -0.378. The van der Waals surface area contributed by atoms with Crippen molar-refractivity contribution >= 4 is 21.8 Å². The Morgan fingerprint density at radius 3 is 2.42 bits per heavy atom. The summed E-state index contributed by atoms with van der Waals surface area (Å²) in [5, 5.41) is 4.73. The average molecular weight is 319 g/mol. The van der Waals surface area contributed by atoms with Gasteiger partial charge in [0.25, 0.3) is 5.56 Å². The van der Waals surface area contributed by atoms with Crippen LogP contribution in [0.3, 0.4) is 0 Å². The highest BCUT2D eigenvalue weighted by Gasteiger charge is 2.27. The van der Waals surface area contributed by atoms with Crippen LogP contribution < -0.4 is 16.4 Å². The molecule has 0 aliphatic heterocycles. The Morgan fingerprint density at radius 2 is 1.95 bits per heavy atom. The van der Waals surface area contributed by atoms with Gasteiger partial charge in [0, 0.05) is 18.5 Å². The van der Waals surface area contributed by atoms with E-state index >= 15 is 0 Å². The molecule has 0 atom stereocenters. The van der Waals surface area contributed by atoms with E-state index in [1.165, 1.54) is 0 Å². The third kappa shape index (κ3) is 4.72. The van der Waals surface area contributed by atoms with Crippen molar-refractivity contribution in [3.63, 3.8) is 0 Å². The first-order valence-corrected chi connectivity index (χ1v) is 7.11. The number of hydrogen-bond acceptors (Lipinski definition) is 5. The van der Waals surface area contributed by atoms with Crippen molar-refractivity contribution in [1.82, 2.24) is 9.55 Å². The van der Waals surface area contributed by atoms with E-state index in [-0.39, 0.29) is 11.8 Å². The van der Waals surface area contributed by atoms with Crippen molar-refractivity contribution in [3.8, 4) is 0 Å². The fourth-order valence-corrected chi connectivity index (χ4v) is 2.22. The van der Waals surface area contributed by atoms with Crippen molar-refractivity contribution in [2.24, 2.45) is 5.14 Å². The number of alkyl halides is 3. The highest BCUT2D eigenvalue weighted by atomic mass is 32.2. The molecule has 0 aliphatic rings. The second kappa shape index (κ2) is 5.38. The highest BCUT2D eigenvalue weighted by Crippen LogP contribution is 2.29. The Hall–Kier alpha value is -1.27. The summed E-state index contributed by atoms with van der Waals surface area (Å²) in [5.74, 6) is -0.514. The standard InChI is InChI=1S/C7H8F3N3O4S2/c8-7(9,10)18-2-1-13-3-4(19(11,16)17)5(14)12-6(13)15/h3H,1-2H2,(H2,11,16,17)(H,12,14,15). The molecule has 0 bridgehead atoms. The lowest BCUT2D eigenvalue weighted by atomic mass is 10.6. The molecule has 19 heavy (non-hydrogen) atoms. The molecule has 1 rings (SSSR count). The first-order valence-electron chi connectivity index (χ1n) is 4.58. The zero-order chi connectivity index (χ0) is 14.8. The van der Waals surface area contributed by atoms with E-state index in [2.05, 4.69) is 0 Å². The van der Waals surface area contributed by atoms with E-state index in [4.69, 9.17) is 5.14 Å². The van der Waals surface area contributed by atoms with Crippen LogP contribution in [-0.2, 0) is 16.6 Å². The lowest BCUT2D eigenvalue weighted by Crippen LogP contribution is -2.35. The third-order valence-electron chi connectivity index (χ3n) is 1.88.